The fourth-order valence-electron chi connectivity index (χ4n) is 3.11. The molecule has 4 heteroatoms. The van der Waals surface area contributed by atoms with Crippen LogP contribution in [-0.4, -0.2) is 17.5 Å². The summed E-state index contributed by atoms with van der Waals surface area (Å²) in [4.78, 5) is 13.8. The quantitative estimate of drug-likeness (QED) is 0.911. The van der Waals surface area contributed by atoms with Crippen molar-refractivity contribution in [2.24, 2.45) is 0 Å². The number of carbonyl (C=O) groups is 1. The second kappa shape index (κ2) is 6.37. The van der Waals surface area contributed by atoms with E-state index in [1.54, 1.807) is 4.90 Å². The summed E-state index contributed by atoms with van der Waals surface area (Å²) in [5.74, 6) is 0. The van der Waals surface area contributed by atoms with E-state index in [0.717, 1.165) is 22.4 Å². The summed E-state index contributed by atoms with van der Waals surface area (Å²) in [5, 5.41) is 12.7. The summed E-state index contributed by atoms with van der Waals surface area (Å²) < 4.78 is 0. The molecule has 24 heavy (non-hydrogen) atoms. The molecule has 4 nitrogen and oxygen atoms in total. The Morgan fingerprint density at radius 1 is 1.29 bits per heavy atom. The van der Waals surface area contributed by atoms with Gasteiger partial charge in [-0.25, -0.2) is 4.79 Å². The van der Waals surface area contributed by atoms with Gasteiger partial charge in [-0.3, -0.25) is 0 Å². The van der Waals surface area contributed by atoms with Gasteiger partial charge in [-0.1, -0.05) is 42.5 Å². The minimum Gasteiger partial charge on any atom is -0.320 e. The molecule has 0 bridgehead atoms. The Hall–Kier alpha value is -2.80. The Bertz CT molecular complexity index is 800. The van der Waals surface area contributed by atoms with Crippen LogP contribution in [0.2, 0.25) is 0 Å². The third kappa shape index (κ3) is 2.98. The Morgan fingerprint density at radius 3 is 2.71 bits per heavy atom. The molecule has 1 aliphatic rings. The first-order valence-corrected chi connectivity index (χ1v) is 8.20. The molecule has 1 aliphatic heterocycles. The number of hydrogen-bond acceptors (Lipinski definition) is 2. The van der Waals surface area contributed by atoms with Crippen LogP contribution in [-0.2, 0) is 18.4 Å². The Balaban J connectivity index is 0.00000225. The largest absolute Gasteiger partial charge is 0.322 e. The van der Waals surface area contributed by atoms with Gasteiger partial charge in [0.1, 0.15) is 0 Å². The number of carbonyl (C=O) groups excluding carboxylic acids is 1. The van der Waals surface area contributed by atoms with Crippen LogP contribution >= 0.6 is 0 Å². The average Bonchev–Trinajstić information content (AvgIpc) is 2.61. The SMILES string of the molecule is CCN1Cc2ccc([C@](C)(C#N)Cc3ccccc3)cc2NC1=O.[HH]. The van der Waals surface area contributed by atoms with E-state index in [-0.39, 0.29) is 7.46 Å². The lowest BCUT2D eigenvalue weighted by atomic mass is 9.78. The van der Waals surface area contributed by atoms with Crippen molar-refractivity contribution < 1.29 is 6.22 Å². The van der Waals surface area contributed by atoms with Crippen LogP contribution in [0.4, 0.5) is 10.5 Å². The van der Waals surface area contributed by atoms with Crippen molar-refractivity contribution in [1.29, 1.82) is 5.26 Å². The van der Waals surface area contributed by atoms with Gasteiger partial charge in [0.2, 0.25) is 0 Å². The highest BCUT2D eigenvalue weighted by Gasteiger charge is 2.29. The monoisotopic (exact) mass is 321 g/mol. The highest BCUT2D eigenvalue weighted by atomic mass is 16.2. The van der Waals surface area contributed by atoms with E-state index in [4.69, 9.17) is 0 Å². The van der Waals surface area contributed by atoms with Crippen LogP contribution in [0.5, 0.6) is 0 Å². The zero-order chi connectivity index (χ0) is 17.2. The van der Waals surface area contributed by atoms with Crippen LogP contribution in [0.25, 0.3) is 0 Å². The maximum Gasteiger partial charge on any atom is 0.322 e. The molecule has 1 N–H and O–H groups in total. The third-order valence-electron chi connectivity index (χ3n) is 4.67. The van der Waals surface area contributed by atoms with Crippen molar-refractivity contribution in [2.75, 3.05) is 11.9 Å². The van der Waals surface area contributed by atoms with Crippen LogP contribution < -0.4 is 5.32 Å². The second-order valence-electron chi connectivity index (χ2n) is 6.42. The molecule has 0 spiro atoms. The number of hydrogen-bond donors (Lipinski definition) is 1. The molecule has 3 rings (SSSR count). The average molecular weight is 321 g/mol. The van der Waals surface area contributed by atoms with Gasteiger partial charge < -0.3 is 10.2 Å². The van der Waals surface area contributed by atoms with Crippen molar-refractivity contribution in [3.63, 3.8) is 0 Å². The van der Waals surface area contributed by atoms with Gasteiger partial charge in [-0.15, -0.1) is 0 Å². The molecule has 2 aromatic carbocycles. The highest BCUT2D eigenvalue weighted by molar-refractivity contribution is 5.92. The number of nitriles is 1. The first-order chi connectivity index (χ1) is 11.6. The lowest BCUT2D eigenvalue weighted by molar-refractivity contribution is 0.210. The molecule has 0 aliphatic carbocycles. The molecule has 1 atom stereocenters. The smallest absolute Gasteiger partial charge is 0.320 e. The predicted molar refractivity (Wildman–Crippen MR) is 96.8 cm³/mol. The Morgan fingerprint density at radius 2 is 2.04 bits per heavy atom. The van der Waals surface area contributed by atoms with E-state index < -0.39 is 5.41 Å². The van der Waals surface area contributed by atoms with Crippen molar-refractivity contribution >= 4 is 11.7 Å². The van der Waals surface area contributed by atoms with Crippen LogP contribution in [0, 0.1) is 11.3 Å². The molecule has 0 radical (unpaired) electrons. The number of urea groups is 1. The van der Waals surface area contributed by atoms with Gasteiger partial charge in [-0.2, -0.15) is 5.26 Å². The fourth-order valence-corrected chi connectivity index (χ4v) is 3.11. The van der Waals surface area contributed by atoms with Crippen molar-refractivity contribution in [3.8, 4) is 6.07 Å². The predicted octanol–water partition coefficient (Wildman–Crippen LogP) is 4.32. The lowest BCUT2D eigenvalue weighted by Gasteiger charge is -2.30. The first-order valence-electron chi connectivity index (χ1n) is 8.20. The van der Waals surface area contributed by atoms with Crippen LogP contribution in [0.1, 0.15) is 32.0 Å². The van der Waals surface area contributed by atoms with Crippen molar-refractivity contribution in [2.45, 2.75) is 32.2 Å². The molecule has 0 saturated carbocycles. The minimum absolute atomic E-state index is 0. The maximum absolute atomic E-state index is 12.1. The van der Waals surface area contributed by atoms with E-state index in [1.165, 1.54) is 0 Å². The summed E-state index contributed by atoms with van der Waals surface area (Å²) >= 11 is 0. The molecule has 0 unspecified atom stereocenters. The van der Waals surface area contributed by atoms with Crippen molar-refractivity contribution in [1.82, 2.24) is 4.90 Å². The molecule has 2 aromatic rings. The van der Waals surface area contributed by atoms with E-state index in [2.05, 4.69) is 11.4 Å². The first kappa shape index (κ1) is 16.1. The van der Waals surface area contributed by atoms with Gasteiger partial charge in [0.05, 0.1) is 11.5 Å². The van der Waals surface area contributed by atoms with E-state index in [1.807, 2.05) is 62.4 Å². The molecule has 0 saturated heterocycles. The topological polar surface area (TPSA) is 56.1 Å². The highest BCUT2D eigenvalue weighted by Crippen LogP contribution is 2.32. The maximum atomic E-state index is 12.1. The number of nitrogens with one attached hydrogen (secondary N) is 1. The summed E-state index contributed by atoms with van der Waals surface area (Å²) in [7, 11) is 0. The number of nitrogens with zero attached hydrogens (tertiary/aromatic N) is 2. The summed E-state index contributed by atoms with van der Waals surface area (Å²) in [6.07, 6.45) is 0.637. The number of rotatable bonds is 4. The molecular formula is C20H23N3O. The fraction of sp³-hybridized carbons (Fsp3) is 0.300. The molecular weight excluding hydrogens is 298 g/mol. The zero-order valence-corrected chi connectivity index (χ0v) is 14.0. The van der Waals surface area contributed by atoms with Gasteiger partial charge >= 0.3 is 6.03 Å². The molecule has 0 aromatic heterocycles. The second-order valence-corrected chi connectivity index (χ2v) is 6.42. The van der Waals surface area contributed by atoms with Gasteiger partial charge in [-0.05, 0) is 43.0 Å². The standard InChI is InChI=1S/C20H21N3O.H2/c1-3-23-13-16-9-10-17(11-18(16)22-19(23)24)20(2,14-21)12-15-7-5-4-6-8-15;/h4-11H,3,12-13H2,1-2H3,(H,22,24);1H/t20-;/m0./s1. The third-order valence-corrected chi connectivity index (χ3v) is 4.67. The van der Waals surface area contributed by atoms with Gasteiger partial charge in [0, 0.05) is 20.2 Å². The minimum atomic E-state index is -0.636. The summed E-state index contributed by atoms with van der Waals surface area (Å²) in [6.45, 7) is 5.20. The molecule has 2 amide bonds. The summed E-state index contributed by atoms with van der Waals surface area (Å²) in [5.41, 5.74) is 3.32. The summed E-state index contributed by atoms with van der Waals surface area (Å²) in [6, 6.07) is 18.4. The molecule has 1 heterocycles. The lowest BCUT2D eigenvalue weighted by Crippen LogP contribution is -2.38. The van der Waals surface area contributed by atoms with E-state index in [0.29, 0.717) is 19.5 Å². The van der Waals surface area contributed by atoms with Crippen molar-refractivity contribution in [3.05, 3.63) is 65.2 Å². The molecule has 124 valence electrons. The van der Waals surface area contributed by atoms with Gasteiger partial charge in [0.25, 0.3) is 0 Å². The zero-order valence-electron chi connectivity index (χ0n) is 14.0. The Labute approximate surface area is 144 Å². The normalized spacial score (nSPS) is 15.9. The van der Waals surface area contributed by atoms with Crippen LogP contribution in [0.3, 0.4) is 0 Å². The molecule has 0 fully saturated rings. The number of benzene rings is 2. The number of fused-ring (bicyclic) bond motifs is 1. The Kier molecular flexibility index (Phi) is 4.26. The van der Waals surface area contributed by atoms with E-state index >= 15 is 0 Å². The number of anilines is 1. The number of amides is 2. The van der Waals surface area contributed by atoms with E-state index in [9.17, 15) is 10.1 Å². The van der Waals surface area contributed by atoms with Gasteiger partial charge in [0.15, 0.2) is 0 Å². The van der Waals surface area contributed by atoms with Crippen LogP contribution in [0.15, 0.2) is 48.5 Å².